The highest BCUT2D eigenvalue weighted by Gasteiger charge is 1.73. The van der Waals surface area contributed by atoms with Crippen LogP contribution in [0, 0.1) is 6.92 Å². The molecule has 0 aliphatic heterocycles. The quantitative estimate of drug-likeness (QED) is 0.408. The molecule has 0 aromatic heterocycles. The molecule has 0 spiro atoms. The fourth-order valence-corrected chi connectivity index (χ4v) is 0.329. The Kier molecular flexibility index (Phi) is 5.46. The molecule has 7 heavy (non-hydrogen) atoms. The highest BCUT2D eigenvalue weighted by atomic mass is 14.8. The fraction of sp³-hybridized carbons (Fsp3) is 0.500. The first kappa shape index (κ1) is 6.70. The molecular weight excluding hydrogens is 86.1 g/mol. The minimum Gasteiger partial charge on any atom is -0.313 e. The Hall–Kier alpha value is -0.300. The van der Waals surface area contributed by atoms with E-state index in [0.717, 1.165) is 19.5 Å². The van der Waals surface area contributed by atoms with Crippen LogP contribution < -0.4 is 5.32 Å². The third-order valence-electron chi connectivity index (χ3n) is 0.642. The van der Waals surface area contributed by atoms with Gasteiger partial charge in [0, 0.05) is 6.54 Å². The Morgan fingerprint density at radius 3 is 2.71 bits per heavy atom. The minimum absolute atomic E-state index is 0.898. The van der Waals surface area contributed by atoms with E-state index in [1.165, 1.54) is 0 Å². The smallest absolute Gasteiger partial charge is 0.0132 e. The lowest BCUT2D eigenvalue weighted by molar-refractivity contribution is 0.756. The zero-order valence-corrected chi connectivity index (χ0v) is 4.61. The van der Waals surface area contributed by atoms with E-state index >= 15 is 0 Å². The van der Waals surface area contributed by atoms with Gasteiger partial charge >= 0.3 is 0 Å². The van der Waals surface area contributed by atoms with Gasteiger partial charge in [-0.25, -0.2) is 0 Å². The summed E-state index contributed by atoms with van der Waals surface area (Å²) in [6, 6.07) is 0. The molecule has 0 saturated carbocycles. The van der Waals surface area contributed by atoms with Gasteiger partial charge in [-0.05, 0) is 13.0 Å². The monoisotopic (exact) mass is 98.1 g/mol. The molecule has 0 amide bonds. The lowest BCUT2D eigenvalue weighted by Crippen LogP contribution is -2.13. The highest BCUT2D eigenvalue weighted by Crippen LogP contribution is 1.66. The van der Waals surface area contributed by atoms with E-state index in [-0.39, 0.29) is 0 Å². The van der Waals surface area contributed by atoms with E-state index in [4.69, 9.17) is 0 Å². The molecule has 1 nitrogen and oxygen atoms in total. The molecule has 1 N–H and O–H groups in total. The van der Waals surface area contributed by atoms with Crippen molar-refractivity contribution in [1.29, 1.82) is 0 Å². The van der Waals surface area contributed by atoms with Crippen molar-refractivity contribution >= 4 is 0 Å². The van der Waals surface area contributed by atoms with Crippen LogP contribution in [0.4, 0.5) is 0 Å². The SMILES string of the molecule is [CH2]CCNCC=C. The number of hydrogen-bond donors (Lipinski definition) is 1. The Bertz CT molecular complexity index is 41.4. The Morgan fingerprint density at radius 1 is 1.57 bits per heavy atom. The summed E-state index contributed by atoms with van der Waals surface area (Å²) in [6.45, 7) is 9.10. The van der Waals surface area contributed by atoms with E-state index in [0.29, 0.717) is 0 Å². The highest BCUT2D eigenvalue weighted by molar-refractivity contribution is 4.69. The molecule has 41 valence electrons. The lowest BCUT2D eigenvalue weighted by atomic mass is 10.5. The van der Waals surface area contributed by atoms with E-state index < -0.39 is 0 Å². The van der Waals surface area contributed by atoms with Crippen molar-refractivity contribution < 1.29 is 0 Å². The van der Waals surface area contributed by atoms with E-state index in [1.54, 1.807) is 0 Å². The molecule has 1 heteroatoms. The third kappa shape index (κ3) is 5.70. The largest absolute Gasteiger partial charge is 0.313 e. The fourth-order valence-electron chi connectivity index (χ4n) is 0.329. The van der Waals surface area contributed by atoms with Gasteiger partial charge in [0.15, 0.2) is 0 Å². The maximum absolute atomic E-state index is 3.66. The van der Waals surface area contributed by atoms with Gasteiger partial charge in [0.1, 0.15) is 0 Å². The first-order chi connectivity index (χ1) is 3.41. The predicted molar refractivity (Wildman–Crippen MR) is 33.0 cm³/mol. The van der Waals surface area contributed by atoms with Crippen LogP contribution in [0.15, 0.2) is 12.7 Å². The van der Waals surface area contributed by atoms with Gasteiger partial charge in [-0.3, -0.25) is 0 Å². The lowest BCUT2D eigenvalue weighted by Gasteiger charge is -1.93. The van der Waals surface area contributed by atoms with Gasteiger partial charge < -0.3 is 5.32 Å². The summed E-state index contributed by atoms with van der Waals surface area (Å²) >= 11 is 0. The maximum atomic E-state index is 3.66. The van der Waals surface area contributed by atoms with Crippen molar-refractivity contribution in [2.24, 2.45) is 0 Å². The molecule has 0 aliphatic rings. The Balaban J connectivity index is 2.56. The Labute approximate surface area is 45.4 Å². The summed E-state index contributed by atoms with van der Waals surface area (Å²) < 4.78 is 0. The summed E-state index contributed by atoms with van der Waals surface area (Å²) in [4.78, 5) is 0. The zero-order chi connectivity index (χ0) is 5.54. The van der Waals surface area contributed by atoms with E-state index in [9.17, 15) is 0 Å². The van der Waals surface area contributed by atoms with Crippen LogP contribution in [-0.4, -0.2) is 13.1 Å². The molecule has 0 atom stereocenters. The summed E-state index contributed by atoms with van der Waals surface area (Å²) in [5.74, 6) is 0. The van der Waals surface area contributed by atoms with Gasteiger partial charge in [-0.2, -0.15) is 0 Å². The molecule has 0 aromatic rings. The van der Waals surface area contributed by atoms with Crippen LogP contribution in [0.1, 0.15) is 6.42 Å². The standard InChI is InChI=1S/C6H12N/c1-3-5-7-6-4-2/h3,7H,1-2,4-6H2. The second kappa shape index (κ2) is 5.70. The molecule has 0 saturated heterocycles. The van der Waals surface area contributed by atoms with Crippen LogP contribution >= 0.6 is 0 Å². The van der Waals surface area contributed by atoms with Crippen molar-refractivity contribution in [2.75, 3.05) is 13.1 Å². The second-order valence-corrected chi connectivity index (χ2v) is 1.35. The molecular formula is C6H12N. The van der Waals surface area contributed by atoms with Crippen LogP contribution in [0.2, 0.25) is 0 Å². The van der Waals surface area contributed by atoms with Crippen molar-refractivity contribution in [1.82, 2.24) is 5.32 Å². The minimum atomic E-state index is 0.898. The van der Waals surface area contributed by atoms with Crippen molar-refractivity contribution in [3.05, 3.63) is 19.6 Å². The Morgan fingerprint density at radius 2 is 2.29 bits per heavy atom. The van der Waals surface area contributed by atoms with E-state index in [2.05, 4.69) is 18.8 Å². The van der Waals surface area contributed by atoms with Crippen LogP contribution in [-0.2, 0) is 0 Å². The van der Waals surface area contributed by atoms with Crippen molar-refractivity contribution in [2.45, 2.75) is 6.42 Å². The maximum Gasteiger partial charge on any atom is 0.0132 e. The summed E-state index contributed by atoms with van der Waals surface area (Å²) in [7, 11) is 0. The van der Waals surface area contributed by atoms with Gasteiger partial charge in [-0.1, -0.05) is 13.0 Å². The van der Waals surface area contributed by atoms with Gasteiger partial charge in [0.2, 0.25) is 0 Å². The first-order valence-corrected chi connectivity index (χ1v) is 2.52. The van der Waals surface area contributed by atoms with Crippen LogP contribution in [0.5, 0.6) is 0 Å². The van der Waals surface area contributed by atoms with Crippen molar-refractivity contribution in [3.8, 4) is 0 Å². The number of nitrogens with one attached hydrogen (secondary N) is 1. The average molecular weight is 98.2 g/mol. The average Bonchev–Trinajstić information content (AvgIpc) is 1.69. The molecule has 0 aliphatic carbocycles. The third-order valence-corrected chi connectivity index (χ3v) is 0.642. The van der Waals surface area contributed by atoms with Gasteiger partial charge in [0.25, 0.3) is 0 Å². The van der Waals surface area contributed by atoms with Crippen molar-refractivity contribution in [3.63, 3.8) is 0 Å². The van der Waals surface area contributed by atoms with Crippen LogP contribution in [0.25, 0.3) is 0 Å². The zero-order valence-electron chi connectivity index (χ0n) is 4.61. The first-order valence-electron chi connectivity index (χ1n) is 2.52. The summed E-state index contributed by atoms with van der Waals surface area (Å²) in [5, 5.41) is 3.10. The van der Waals surface area contributed by atoms with Gasteiger partial charge in [0.05, 0.1) is 0 Å². The van der Waals surface area contributed by atoms with Gasteiger partial charge in [-0.15, -0.1) is 6.58 Å². The molecule has 0 aromatic carbocycles. The number of rotatable bonds is 4. The molecule has 0 bridgehead atoms. The summed E-state index contributed by atoms with van der Waals surface area (Å²) in [5.41, 5.74) is 0. The summed E-state index contributed by atoms with van der Waals surface area (Å²) in [6.07, 6.45) is 2.80. The molecule has 0 heterocycles. The molecule has 0 unspecified atom stereocenters. The van der Waals surface area contributed by atoms with Crippen LogP contribution in [0.3, 0.4) is 0 Å². The second-order valence-electron chi connectivity index (χ2n) is 1.35. The molecule has 0 rings (SSSR count). The molecule has 0 fully saturated rings. The molecule has 1 radical (unpaired) electrons. The predicted octanol–water partition coefficient (Wildman–Crippen LogP) is 0.986. The van der Waals surface area contributed by atoms with E-state index in [1.807, 2.05) is 6.08 Å². The topological polar surface area (TPSA) is 12.0 Å². The number of hydrogen-bond acceptors (Lipinski definition) is 1. The normalized spacial score (nSPS) is 8.71.